The Morgan fingerprint density at radius 2 is 0.954 bits per heavy atom. The van der Waals surface area contributed by atoms with E-state index < -0.39 is 0 Å². The maximum absolute atomic E-state index is 6.79. The summed E-state index contributed by atoms with van der Waals surface area (Å²) in [5.41, 5.74) is 10.7. The first-order chi connectivity index (χ1) is 32.1. The lowest BCUT2D eigenvalue weighted by molar-refractivity contribution is 0.668. The Morgan fingerprint density at radius 3 is 1.62 bits per heavy atom. The number of hydrogen-bond donors (Lipinski definition) is 0. The highest BCUT2D eigenvalue weighted by atomic mass is 16.3. The lowest BCUT2D eigenvalue weighted by Crippen LogP contribution is -2.28. The van der Waals surface area contributed by atoms with Crippen molar-refractivity contribution in [2.24, 2.45) is 0 Å². The highest BCUT2D eigenvalue weighted by Gasteiger charge is 2.30. The number of fused-ring (bicyclic) bond motifs is 8. The number of benzene rings is 9. The molecule has 6 nitrogen and oxygen atoms in total. The van der Waals surface area contributed by atoms with Crippen LogP contribution < -0.4 is 15.0 Å². The van der Waals surface area contributed by atoms with E-state index in [1.165, 1.54) is 32.6 Å². The maximum atomic E-state index is 6.79. The van der Waals surface area contributed by atoms with E-state index in [1.54, 1.807) is 0 Å². The van der Waals surface area contributed by atoms with Crippen molar-refractivity contribution in [2.75, 3.05) is 9.80 Å². The molecule has 0 aliphatic heterocycles. The third-order valence-electron chi connectivity index (χ3n) is 13.6. The van der Waals surface area contributed by atoms with Crippen LogP contribution in [0.1, 0.15) is 24.8 Å². The van der Waals surface area contributed by atoms with Crippen molar-refractivity contribution in [3.8, 4) is 0 Å². The minimum absolute atomic E-state index is 0.205. The molecule has 65 heavy (non-hydrogen) atoms. The van der Waals surface area contributed by atoms with Gasteiger partial charge in [0.25, 0.3) is 0 Å². The minimum atomic E-state index is 0.205. The van der Waals surface area contributed by atoms with Crippen LogP contribution in [-0.4, -0.2) is 9.97 Å². The van der Waals surface area contributed by atoms with Gasteiger partial charge in [-0.3, -0.25) is 9.80 Å². The molecular weight excluding hydrogens is 797 g/mol. The first-order valence-electron chi connectivity index (χ1n) is 22.3. The number of aromatic nitrogens is 2. The third kappa shape index (κ3) is 5.34. The molecule has 0 saturated carbocycles. The lowest BCUT2D eigenvalue weighted by atomic mass is 9.82. The van der Waals surface area contributed by atoms with Gasteiger partial charge in [-0.25, -0.2) is 9.97 Å². The van der Waals surface area contributed by atoms with Crippen molar-refractivity contribution < 1.29 is 8.83 Å². The highest BCUT2D eigenvalue weighted by molar-refractivity contribution is 6.19. The van der Waals surface area contributed by atoms with Gasteiger partial charge in [-0.2, -0.15) is 0 Å². The fourth-order valence-corrected chi connectivity index (χ4v) is 10.7. The monoisotopic (exact) mass is 834 g/mol. The molecule has 1 aliphatic carbocycles. The molecule has 6 heteroatoms. The molecule has 0 N–H and O–H groups in total. The van der Waals surface area contributed by atoms with E-state index in [1.807, 2.05) is 18.2 Å². The Morgan fingerprint density at radius 1 is 0.415 bits per heavy atom. The number of nitrogens with zero attached hydrogens (tertiary/aromatic N) is 4. The number of para-hydroxylation sites is 6. The molecule has 0 amide bonds. The molecule has 0 bridgehead atoms. The fraction of sp³-hybridized carbons (Fsp3) is 0.0508. The van der Waals surface area contributed by atoms with E-state index in [2.05, 4.69) is 193 Å². The molecule has 1 aliphatic rings. The number of pyridine rings is 2. The van der Waals surface area contributed by atoms with Gasteiger partial charge in [0, 0.05) is 48.6 Å². The quantitative estimate of drug-likeness (QED) is 0.166. The van der Waals surface area contributed by atoms with Gasteiger partial charge in [0.05, 0.1) is 28.1 Å². The van der Waals surface area contributed by atoms with Crippen LogP contribution in [0.5, 0.6) is 0 Å². The molecule has 9 aromatic carbocycles. The number of hydrogen-bond acceptors (Lipinski definition) is 6. The summed E-state index contributed by atoms with van der Waals surface area (Å²) in [6.07, 6.45) is 0.805. The van der Waals surface area contributed by atoms with E-state index in [0.717, 1.165) is 106 Å². The van der Waals surface area contributed by atoms with Crippen molar-refractivity contribution in [3.63, 3.8) is 0 Å². The molecule has 14 rings (SSSR count). The fourth-order valence-electron chi connectivity index (χ4n) is 10.7. The molecule has 13 aromatic rings. The van der Waals surface area contributed by atoms with Gasteiger partial charge in [-0.1, -0.05) is 134 Å². The summed E-state index contributed by atoms with van der Waals surface area (Å²) in [5, 5.41) is 12.5. The van der Waals surface area contributed by atoms with Crippen molar-refractivity contribution in [1.29, 1.82) is 0 Å². The Hall–Kier alpha value is -8.48. The summed E-state index contributed by atoms with van der Waals surface area (Å²) in [4.78, 5) is 15.4. The van der Waals surface area contributed by atoms with Crippen LogP contribution in [0, 0.1) is 0 Å². The van der Waals surface area contributed by atoms with Gasteiger partial charge < -0.3 is 8.83 Å². The lowest BCUT2D eigenvalue weighted by Gasteiger charge is -2.33. The van der Waals surface area contributed by atoms with Crippen LogP contribution >= 0.6 is 0 Å². The Kier molecular flexibility index (Phi) is 7.63. The van der Waals surface area contributed by atoms with Gasteiger partial charge in [0.15, 0.2) is 11.2 Å². The molecule has 4 aromatic heterocycles. The van der Waals surface area contributed by atoms with Crippen LogP contribution in [0.15, 0.2) is 203 Å². The van der Waals surface area contributed by atoms with E-state index in [4.69, 9.17) is 18.8 Å². The van der Waals surface area contributed by atoms with Crippen LogP contribution in [0.4, 0.5) is 28.7 Å². The van der Waals surface area contributed by atoms with Crippen molar-refractivity contribution in [1.82, 2.24) is 9.97 Å². The topological polar surface area (TPSA) is 58.5 Å². The molecular formula is C59H38N4O2. The second-order valence-electron chi connectivity index (χ2n) is 17.3. The molecule has 1 unspecified atom stereocenters. The average molecular weight is 835 g/mol. The van der Waals surface area contributed by atoms with E-state index >= 15 is 0 Å². The number of furan rings is 2. The number of rotatable bonds is 6. The van der Waals surface area contributed by atoms with Gasteiger partial charge in [-0.05, 0) is 101 Å². The van der Waals surface area contributed by atoms with Crippen LogP contribution in [0.25, 0.3) is 92.9 Å². The second-order valence-corrected chi connectivity index (χ2v) is 17.3. The highest BCUT2D eigenvalue weighted by Crippen LogP contribution is 2.48. The predicted octanol–water partition coefficient (Wildman–Crippen LogP) is 15.5. The summed E-state index contributed by atoms with van der Waals surface area (Å²) in [5.74, 6) is 1.87. The zero-order chi connectivity index (χ0) is 42.8. The predicted molar refractivity (Wildman–Crippen MR) is 268 cm³/mol. The molecule has 4 heterocycles. The van der Waals surface area contributed by atoms with Crippen molar-refractivity contribution in [3.05, 3.63) is 205 Å². The summed E-state index contributed by atoms with van der Waals surface area (Å²) < 4.78 is 13.5. The standard InChI is InChI=1S/C59H38N4O2/c1-35-34-51(63(55-33-27-37-13-3-7-19-47(37)61-55)50-21-11-17-43-41-15-5-9-23-53(41)65-59(43)50)45-28-24-38-25-31-48(44-30-29-39(35)57(45)56(38)44)62(54-32-26-36-12-2-6-18-46(36)60-54)49-20-10-16-42-40-14-4-8-22-52(40)64-58(42)49/h2-33,35H,34H2,1H3. The summed E-state index contributed by atoms with van der Waals surface area (Å²) in [6.45, 7) is 2.36. The molecule has 306 valence electrons. The second kappa shape index (κ2) is 13.8. The minimum Gasteiger partial charge on any atom is -0.454 e. The number of anilines is 5. The summed E-state index contributed by atoms with van der Waals surface area (Å²) in [6, 6.07) is 68.7. The molecule has 1 atom stereocenters. The van der Waals surface area contributed by atoms with E-state index in [-0.39, 0.29) is 5.92 Å². The zero-order valence-corrected chi connectivity index (χ0v) is 35.4. The molecule has 0 radical (unpaired) electrons. The Bertz CT molecular complexity index is 4170. The molecule has 0 fully saturated rings. The molecule has 0 saturated heterocycles. The van der Waals surface area contributed by atoms with E-state index in [9.17, 15) is 0 Å². The largest absolute Gasteiger partial charge is 0.454 e. The van der Waals surface area contributed by atoms with Gasteiger partial charge >= 0.3 is 0 Å². The SMILES string of the molecule is CC1CC(N(c2ccc3ccccc3n2)c2cccc3c2oc2ccccc23)=c2ccc3ccc(N(c4ccc5ccccc5n4)c4cccc5c4oc4ccccc45)c4ccc1c2c34. The van der Waals surface area contributed by atoms with Crippen molar-refractivity contribution in [2.45, 2.75) is 19.3 Å². The Labute approximate surface area is 372 Å². The maximum Gasteiger partial charge on any atom is 0.159 e. The first kappa shape index (κ1) is 36.0. The van der Waals surface area contributed by atoms with Gasteiger partial charge in [0.2, 0.25) is 0 Å². The smallest absolute Gasteiger partial charge is 0.159 e. The summed E-state index contributed by atoms with van der Waals surface area (Å²) in [7, 11) is 0. The Balaban J connectivity index is 1.07. The van der Waals surface area contributed by atoms with Gasteiger partial charge in [0.1, 0.15) is 22.8 Å². The summed E-state index contributed by atoms with van der Waals surface area (Å²) >= 11 is 0. The van der Waals surface area contributed by atoms with Crippen LogP contribution in [0.2, 0.25) is 0 Å². The van der Waals surface area contributed by atoms with E-state index in [0.29, 0.717) is 0 Å². The zero-order valence-electron chi connectivity index (χ0n) is 35.4. The van der Waals surface area contributed by atoms with Crippen molar-refractivity contribution >= 4 is 122 Å². The normalized spacial score (nSPS) is 14.0. The first-order valence-corrected chi connectivity index (χ1v) is 22.3. The third-order valence-corrected chi connectivity index (χ3v) is 13.6. The van der Waals surface area contributed by atoms with Crippen LogP contribution in [-0.2, 0) is 0 Å². The molecule has 0 spiro atoms. The van der Waals surface area contributed by atoms with Crippen LogP contribution in [0.3, 0.4) is 0 Å². The average Bonchev–Trinajstić information content (AvgIpc) is 3.94. The van der Waals surface area contributed by atoms with Gasteiger partial charge in [-0.15, -0.1) is 0 Å².